The Morgan fingerprint density at radius 3 is 2.70 bits per heavy atom. The molecule has 4 N–H and O–H groups in total. The number of carbonyl (C=O) groups excluding carboxylic acids is 2. The number of piperidine rings is 1. The number of nitrogens with two attached hydrogens (primary N) is 1. The lowest BCUT2D eigenvalue weighted by Crippen LogP contribution is -2.48. The number of rotatable bonds is 3. The Balaban J connectivity index is 1.58. The Hall–Kier alpha value is -2.05. The van der Waals surface area contributed by atoms with Crippen LogP contribution in [0.25, 0.3) is 0 Å². The molecule has 2 fully saturated rings. The maximum atomic E-state index is 12.5. The van der Waals surface area contributed by atoms with Crippen molar-refractivity contribution in [2.75, 3.05) is 13.1 Å². The maximum Gasteiger partial charge on any atom is 0.317 e. The van der Waals surface area contributed by atoms with Crippen LogP contribution in [-0.4, -0.2) is 46.2 Å². The van der Waals surface area contributed by atoms with Gasteiger partial charge in [0.05, 0.1) is 0 Å². The summed E-state index contributed by atoms with van der Waals surface area (Å²) in [4.78, 5) is 25.5. The molecule has 0 aromatic carbocycles. The average Bonchev–Trinajstić information content (AvgIpc) is 3.06. The summed E-state index contributed by atoms with van der Waals surface area (Å²) >= 11 is 0. The molecular weight excluding hydrogens is 294 g/mol. The van der Waals surface area contributed by atoms with E-state index in [4.69, 9.17) is 5.73 Å². The fourth-order valence-electron chi connectivity index (χ4n) is 3.60. The van der Waals surface area contributed by atoms with Crippen molar-refractivity contribution in [3.8, 4) is 0 Å². The van der Waals surface area contributed by atoms with E-state index < -0.39 is 5.91 Å². The molecule has 3 rings (SSSR count). The van der Waals surface area contributed by atoms with Crippen molar-refractivity contribution >= 4 is 11.9 Å². The van der Waals surface area contributed by atoms with Crippen LogP contribution in [0.4, 0.5) is 4.79 Å². The molecule has 7 nitrogen and oxygen atoms in total. The first kappa shape index (κ1) is 15.8. The number of aromatic amines is 1. The van der Waals surface area contributed by atoms with Gasteiger partial charge >= 0.3 is 6.03 Å². The van der Waals surface area contributed by atoms with E-state index in [1.54, 1.807) is 6.07 Å². The van der Waals surface area contributed by atoms with Crippen LogP contribution in [0, 0.1) is 0 Å². The number of primary amides is 1. The molecule has 1 atom stereocenters. The Morgan fingerprint density at radius 2 is 2.00 bits per heavy atom. The molecule has 0 spiro atoms. The number of nitrogens with one attached hydrogen (secondary N) is 2. The van der Waals surface area contributed by atoms with Crippen molar-refractivity contribution in [2.45, 2.75) is 56.9 Å². The number of urea groups is 1. The van der Waals surface area contributed by atoms with E-state index in [1.165, 1.54) is 19.3 Å². The van der Waals surface area contributed by atoms with Crippen LogP contribution in [0.2, 0.25) is 0 Å². The average molecular weight is 319 g/mol. The van der Waals surface area contributed by atoms with Gasteiger partial charge in [0.2, 0.25) is 0 Å². The van der Waals surface area contributed by atoms with E-state index in [1.807, 2.05) is 4.90 Å². The van der Waals surface area contributed by atoms with E-state index in [0.29, 0.717) is 12.6 Å². The summed E-state index contributed by atoms with van der Waals surface area (Å²) in [6.07, 6.45) is 7.80. The van der Waals surface area contributed by atoms with E-state index in [0.717, 1.165) is 37.9 Å². The Labute approximate surface area is 136 Å². The highest BCUT2D eigenvalue weighted by molar-refractivity contribution is 5.90. The number of aromatic nitrogens is 2. The SMILES string of the molecule is NC(=O)c1cc(C2CCCN(C(=O)NC3CCCCC3)C2)[nH]n1. The third-order valence-corrected chi connectivity index (χ3v) is 4.93. The van der Waals surface area contributed by atoms with Gasteiger partial charge in [-0.25, -0.2) is 4.79 Å². The van der Waals surface area contributed by atoms with Crippen LogP contribution in [0.3, 0.4) is 0 Å². The molecule has 1 saturated carbocycles. The number of amides is 3. The van der Waals surface area contributed by atoms with E-state index in [9.17, 15) is 9.59 Å². The van der Waals surface area contributed by atoms with Gasteiger partial charge in [-0.05, 0) is 31.7 Å². The first-order valence-electron chi connectivity index (χ1n) is 8.54. The lowest BCUT2D eigenvalue weighted by atomic mass is 9.94. The van der Waals surface area contributed by atoms with Crippen molar-refractivity contribution in [3.63, 3.8) is 0 Å². The predicted molar refractivity (Wildman–Crippen MR) is 86.1 cm³/mol. The second kappa shape index (κ2) is 7.02. The molecule has 126 valence electrons. The molecule has 0 bridgehead atoms. The molecule has 2 heterocycles. The van der Waals surface area contributed by atoms with Crippen LogP contribution in [0.5, 0.6) is 0 Å². The topological polar surface area (TPSA) is 104 Å². The summed E-state index contributed by atoms with van der Waals surface area (Å²) in [7, 11) is 0. The van der Waals surface area contributed by atoms with Crippen LogP contribution in [0.15, 0.2) is 6.07 Å². The summed E-state index contributed by atoms with van der Waals surface area (Å²) in [5, 5.41) is 10.00. The zero-order chi connectivity index (χ0) is 16.2. The van der Waals surface area contributed by atoms with Gasteiger partial charge < -0.3 is 16.0 Å². The molecule has 2 aliphatic rings. The lowest BCUT2D eigenvalue weighted by molar-refractivity contribution is 0.0995. The number of hydrogen-bond donors (Lipinski definition) is 3. The van der Waals surface area contributed by atoms with E-state index >= 15 is 0 Å². The molecule has 1 aromatic heterocycles. The Bertz CT molecular complexity index is 565. The van der Waals surface area contributed by atoms with Gasteiger partial charge in [0.25, 0.3) is 5.91 Å². The van der Waals surface area contributed by atoms with Crippen molar-refractivity contribution in [2.24, 2.45) is 5.73 Å². The summed E-state index contributed by atoms with van der Waals surface area (Å²) in [6, 6.07) is 2.07. The van der Waals surface area contributed by atoms with E-state index in [2.05, 4.69) is 15.5 Å². The van der Waals surface area contributed by atoms with Gasteiger partial charge in [-0.2, -0.15) is 5.10 Å². The van der Waals surface area contributed by atoms with Crippen molar-refractivity contribution < 1.29 is 9.59 Å². The molecule has 1 aliphatic heterocycles. The second-order valence-corrected chi connectivity index (χ2v) is 6.64. The monoisotopic (exact) mass is 319 g/mol. The first-order valence-corrected chi connectivity index (χ1v) is 8.54. The molecule has 3 amide bonds. The van der Waals surface area contributed by atoms with Gasteiger partial charge in [-0.3, -0.25) is 9.89 Å². The third kappa shape index (κ3) is 3.83. The van der Waals surface area contributed by atoms with Crippen LogP contribution in [-0.2, 0) is 0 Å². The quantitative estimate of drug-likeness (QED) is 0.790. The highest BCUT2D eigenvalue weighted by Crippen LogP contribution is 2.26. The van der Waals surface area contributed by atoms with Gasteiger partial charge in [0.15, 0.2) is 0 Å². The summed E-state index contributed by atoms with van der Waals surface area (Å²) < 4.78 is 0. The standard InChI is InChI=1S/C16H25N5O2/c17-15(22)14-9-13(19-20-14)11-5-4-8-21(10-11)16(23)18-12-6-2-1-3-7-12/h9,11-12H,1-8,10H2,(H2,17,22)(H,18,23)(H,19,20). The highest BCUT2D eigenvalue weighted by atomic mass is 16.2. The largest absolute Gasteiger partial charge is 0.364 e. The van der Waals surface area contributed by atoms with Crippen molar-refractivity contribution in [1.29, 1.82) is 0 Å². The summed E-state index contributed by atoms with van der Waals surface area (Å²) in [5.41, 5.74) is 6.38. The molecule has 23 heavy (non-hydrogen) atoms. The number of likely N-dealkylation sites (tertiary alicyclic amines) is 1. The Kier molecular flexibility index (Phi) is 4.83. The smallest absolute Gasteiger partial charge is 0.317 e. The lowest BCUT2D eigenvalue weighted by Gasteiger charge is -2.34. The van der Waals surface area contributed by atoms with Gasteiger partial charge in [0, 0.05) is 30.7 Å². The first-order chi connectivity index (χ1) is 11.1. The number of hydrogen-bond acceptors (Lipinski definition) is 3. The molecule has 7 heteroatoms. The molecule has 1 aromatic rings. The molecular formula is C16H25N5O2. The van der Waals surface area contributed by atoms with Gasteiger partial charge in [-0.1, -0.05) is 19.3 Å². The fourth-order valence-corrected chi connectivity index (χ4v) is 3.60. The number of carbonyl (C=O) groups is 2. The number of H-pyrrole nitrogens is 1. The maximum absolute atomic E-state index is 12.5. The van der Waals surface area contributed by atoms with E-state index in [-0.39, 0.29) is 17.6 Å². The van der Waals surface area contributed by atoms with Gasteiger partial charge in [-0.15, -0.1) is 0 Å². The minimum absolute atomic E-state index is 0.0382. The highest BCUT2D eigenvalue weighted by Gasteiger charge is 2.27. The van der Waals surface area contributed by atoms with Gasteiger partial charge in [0.1, 0.15) is 5.69 Å². The zero-order valence-electron chi connectivity index (χ0n) is 13.4. The van der Waals surface area contributed by atoms with Crippen molar-refractivity contribution in [1.82, 2.24) is 20.4 Å². The normalized spacial score (nSPS) is 22.8. The fraction of sp³-hybridized carbons (Fsp3) is 0.688. The van der Waals surface area contributed by atoms with Crippen LogP contribution < -0.4 is 11.1 Å². The zero-order valence-corrected chi connectivity index (χ0v) is 13.4. The predicted octanol–water partition coefficient (Wildman–Crippen LogP) is 1.73. The minimum atomic E-state index is -0.532. The molecule has 1 unspecified atom stereocenters. The molecule has 1 saturated heterocycles. The summed E-state index contributed by atoms with van der Waals surface area (Å²) in [5.74, 6) is -0.350. The summed E-state index contributed by atoms with van der Waals surface area (Å²) in [6.45, 7) is 1.44. The van der Waals surface area contributed by atoms with Crippen LogP contribution >= 0.6 is 0 Å². The third-order valence-electron chi connectivity index (χ3n) is 4.93. The molecule has 1 aliphatic carbocycles. The number of nitrogens with zero attached hydrogens (tertiary/aromatic N) is 2. The molecule has 0 radical (unpaired) electrons. The Morgan fingerprint density at radius 1 is 1.22 bits per heavy atom. The second-order valence-electron chi connectivity index (χ2n) is 6.64. The van der Waals surface area contributed by atoms with Crippen LogP contribution in [0.1, 0.15) is 67.0 Å². The van der Waals surface area contributed by atoms with Crippen molar-refractivity contribution in [3.05, 3.63) is 17.5 Å². The minimum Gasteiger partial charge on any atom is -0.364 e.